The van der Waals surface area contributed by atoms with Crippen LogP contribution in [-0.2, 0) is 4.79 Å². The van der Waals surface area contributed by atoms with Crippen molar-refractivity contribution in [3.63, 3.8) is 0 Å². The maximum absolute atomic E-state index is 9.65. The van der Waals surface area contributed by atoms with Crippen molar-refractivity contribution in [3.8, 4) is 0 Å². The first-order valence-corrected chi connectivity index (χ1v) is 3.62. The van der Waals surface area contributed by atoms with Crippen LogP contribution in [0.15, 0.2) is 30.6 Å². The van der Waals surface area contributed by atoms with Crippen molar-refractivity contribution in [3.05, 3.63) is 30.6 Å². The van der Waals surface area contributed by atoms with Crippen LogP contribution in [0.5, 0.6) is 0 Å². The van der Waals surface area contributed by atoms with Crippen LogP contribution in [0.3, 0.4) is 0 Å². The molecule has 4 N–H and O–H groups in total. The molecule has 0 aliphatic rings. The smallest absolute Gasteiger partial charge is 0.322 e. The zero-order chi connectivity index (χ0) is 10.1. The van der Waals surface area contributed by atoms with Gasteiger partial charge in [0.1, 0.15) is 6.04 Å². The van der Waals surface area contributed by atoms with Crippen molar-refractivity contribution in [2.24, 2.45) is 5.73 Å². The van der Waals surface area contributed by atoms with Gasteiger partial charge in [-0.3, -0.25) is 9.78 Å². The van der Waals surface area contributed by atoms with E-state index in [1.807, 2.05) is 18.2 Å². The van der Waals surface area contributed by atoms with Crippen molar-refractivity contribution in [2.45, 2.75) is 6.04 Å². The highest BCUT2D eigenvalue weighted by molar-refractivity contribution is 5.73. The third-order valence-corrected chi connectivity index (χ3v) is 1.08. The number of aliphatic carboxylic acids is 1. The van der Waals surface area contributed by atoms with Gasteiger partial charge in [-0.15, -0.1) is 0 Å². The Kier molecular flexibility index (Phi) is 6.39. The molecule has 0 aliphatic carbocycles. The van der Waals surface area contributed by atoms with Crippen LogP contribution in [0.25, 0.3) is 0 Å². The Bertz CT molecular complexity index is 201. The van der Waals surface area contributed by atoms with E-state index in [2.05, 4.69) is 4.98 Å². The first-order chi connectivity index (χ1) is 6.18. The van der Waals surface area contributed by atoms with E-state index in [0.29, 0.717) is 0 Å². The highest BCUT2D eigenvalue weighted by atomic mass is 16.4. The fraction of sp³-hybridized carbons (Fsp3) is 0.250. The number of aliphatic hydroxyl groups excluding tert-OH is 1. The zero-order valence-electron chi connectivity index (χ0n) is 7.00. The molecule has 0 saturated carbocycles. The van der Waals surface area contributed by atoms with Gasteiger partial charge in [-0.1, -0.05) is 6.07 Å². The van der Waals surface area contributed by atoms with E-state index in [1.54, 1.807) is 12.4 Å². The number of nitrogens with zero attached hydrogens (tertiary/aromatic N) is 1. The molecule has 0 amide bonds. The molecule has 1 aromatic rings. The molecule has 1 unspecified atom stereocenters. The summed E-state index contributed by atoms with van der Waals surface area (Å²) in [5.74, 6) is -1.18. The Balaban J connectivity index is 0.000000223. The summed E-state index contributed by atoms with van der Waals surface area (Å²) in [4.78, 5) is 13.4. The lowest BCUT2D eigenvalue weighted by Gasteiger charge is -1.96. The molecule has 1 rings (SSSR count). The molecule has 0 aromatic carbocycles. The predicted molar refractivity (Wildman–Crippen MR) is 46.9 cm³/mol. The second-order valence-corrected chi connectivity index (χ2v) is 2.15. The Morgan fingerprint density at radius 1 is 1.38 bits per heavy atom. The van der Waals surface area contributed by atoms with Crippen LogP contribution in [0.2, 0.25) is 0 Å². The number of carboxylic acid groups (broad SMARTS) is 1. The molecule has 0 saturated heterocycles. The van der Waals surface area contributed by atoms with E-state index in [0.717, 1.165) is 0 Å². The molecule has 0 bridgehead atoms. The van der Waals surface area contributed by atoms with E-state index >= 15 is 0 Å². The largest absolute Gasteiger partial charge is 0.480 e. The molecule has 72 valence electrons. The standard InChI is InChI=1S/C5H5N.C3H7NO3/c1-2-4-6-5-3-1;4-2(1-5)3(6)7/h1-5H;2,5H,1,4H2,(H,6,7). The molecule has 1 aromatic heterocycles. The van der Waals surface area contributed by atoms with E-state index < -0.39 is 18.6 Å². The molecular weight excluding hydrogens is 172 g/mol. The van der Waals surface area contributed by atoms with Crippen LogP contribution in [0.4, 0.5) is 0 Å². The van der Waals surface area contributed by atoms with Gasteiger partial charge in [0, 0.05) is 12.4 Å². The summed E-state index contributed by atoms with van der Waals surface area (Å²) in [6.07, 6.45) is 3.50. The van der Waals surface area contributed by atoms with Crippen molar-refractivity contribution >= 4 is 5.97 Å². The second kappa shape index (κ2) is 7.20. The molecular formula is C8H12N2O3. The van der Waals surface area contributed by atoms with E-state index in [9.17, 15) is 4.79 Å². The molecule has 5 nitrogen and oxygen atoms in total. The lowest BCUT2D eigenvalue weighted by Crippen LogP contribution is -2.33. The van der Waals surface area contributed by atoms with Crippen LogP contribution in [0.1, 0.15) is 0 Å². The molecule has 0 radical (unpaired) electrons. The molecule has 13 heavy (non-hydrogen) atoms. The van der Waals surface area contributed by atoms with E-state index in [4.69, 9.17) is 15.9 Å². The number of hydrogen-bond donors (Lipinski definition) is 3. The van der Waals surface area contributed by atoms with Gasteiger partial charge >= 0.3 is 5.97 Å². The molecule has 0 spiro atoms. The quantitative estimate of drug-likeness (QED) is 0.574. The van der Waals surface area contributed by atoms with E-state index in [-0.39, 0.29) is 0 Å². The SMILES string of the molecule is NC(CO)C(=O)O.c1ccncc1. The summed E-state index contributed by atoms with van der Waals surface area (Å²) in [7, 11) is 0. The van der Waals surface area contributed by atoms with Crippen LogP contribution in [-0.4, -0.2) is 33.8 Å². The average Bonchev–Trinajstić information content (AvgIpc) is 2.20. The van der Waals surface area contributed by atoms with Gasteiger partial charge < -0.3 is 15.9 Å². The first kappa shape index (κ1) is 11.5. The summed E-state index contributed by atoms with van der Waals surface area (Å²) in [6.45, 7) is -0.505. The zero-order valence-corrected chi connectivity index (χ0v) is 7.00. The summed E-state index contributed by atoms with van der Waals surface area (Å²) in [5.41, 5.74) is 4.77. The number of carboxylic acids is 1. The van der Waals surface area contributed by atoms with Crippen molar-refractivity contribution in [1.29, 1.82) is 0 Å². The third-order valence-electron chi connectivity index (χ3n) is 1.08. The van der Waals surface area contributed by atoms with Gasteiger partial charge in [0.25, 0.3) is 0 Å². The molecule has 1 atom stereocenters. The lowest BCUT2D eigenvalue weighted by atomic mass is 10.3. The molecule has 0 fully saturated rings. The minimum atomic E-state index is -1.18. The normalized spacial score (nSPS) is 10.9. The van der Waals surface area contributed by atoms with Crippen LogP contribution < -0.4 is 5.73 Å². The van der Waals surface area contributed by atoms with Crippen LogP contribution in [0, 0.1) is 0 Å². The number of hydrogen-bond acceptors (Lipinski definition) is 4. The minimum absolute atomic E-state index is 0.505. The number of pyridine rings is 1. The van der Waals surface area contributed by atoms with Gasteiger partial charge in [0.15, 0.2) is 0 Å². The number of aromatic nitrogens is 1. The third kappa shape index (κ3) is 6.92. The van der Waals surface area contributed by atoms with Crippen molar-refractivity contribution in [2.75, 3.05) is 6.61 Å². The van der Waals surface area contributed by atoms with Gasteiger partial charge in [0.2, 0.25) is 0 Å². The first-order valence-electron chi connectivity index (χ1n) is 3.62. The number of rotatable bonds is 2. The van der Waals surface area contributed by atoms with Gasteiger partial charge in [-0.25, -0.2) is 0 Å². The molecule has 0 aliphatic heterocycles. The maximum Gasteiger partial charge on any atom is 0.322 e. The Morgan fingerprint density at radius 2 is 1.92 bits per heavy atom. The molecule has 5 heteroatoms. The summed E-state index contributed by atoms with van der Waals surface area (Å²) < 4.78 is 0. The Morgan fingerprint density at radius 3 is 2.00 bits per heavy atom. The summed E-state index contributed by atoms with van der Waals surface area (Å²) in [5, 5.41) is 15.9. The summed E-state index contributed by atoms with van der Waals surface area (Å²) >= 11 is 0. The number of carbonyl (C=O) groups is 1. The van der Waals surface area contributed by atoms with Gasteiger partial charge in [-0.2, -0.15) is 0 Å². The highest BCUT2D eigenvalue weighted by Crippen LogP contribution is 1.73. The maximum atomic E-state index is 9.65. The second-order valence-electron chi connectivity index (χ2n) is 2.15. The van der Waals surface area contributed by atoms with E-state index in [1.165, 1.54) is 0 Å². The monoisotopic (exact) mass is 184 g/mol. The van der Waals surface area contributed by atoms with Gasteiger partial charge in [0.05, 0.1) is 6.61 Å². The minimum Gasteiger partial charge on any atom is -0.480 e. The Hall–Kier alpha value is -1.46. The fourth-order valence-electron chi connectivity index (χ4n) is 0.391. The lowest BCUT2D eigenvalue weighted by molar-refractivity contribution is -0.139. The van der Waals surface area contributed by atoms with Gasteiger partial charge in [-0.05, 0) is 12.1 Å². The Labute approximate surface area is 75.8 Å². The average molecular weight is 184 g/mol. The molecule has 1 heterocycles. The van der Waals surface area contributed by atoms with Crippen LogP contribution >= 0.6 is 0 Å². The fourth-order valence-corrected chi connectivity index (χ4v) is 0.391. The summed E-state index contributed by atoms with van der Waals surface area (Å²) in [6, 6.07) is 4.59. The number of nitrogens with two attached hydrogens (primary N) is 1. The topological polar surface area (TPSA) is 96.4 Å². The van der Waals surface area contributed by atoms with Crippen molar-refractivity contribution < 1.29 is 15.0 Å². The number of aliphatic hydroxyl groups is 1. The van der Waals surface area contributed by atoms with Crippen molar-refractivity contribution in [1.82, 2.24) is 4.98 Å². The predicted octanol–water partition coefficient (Wildman–Crippen LogP) is -0.528. The highest BCUT2D eigenvalue weighted by Gasteiger charge is 2.06.